The van der Waals surface area contributed by atoms with Crippen LogP contribution >= 0.6 is 23.2 Å². The molecule has 0 saturated heterocycles. The van der Waals surface area contributed by atoms with Gasteiger partial charge in [-0.05, 0) is 43.7 Å². The molecule has 1 aromatic carbocycles. The average molecular weight is 311 g/mol. The molecule has 0 amide bonds. The molecule has 0 saturated carbocycles. The van der Waals surface area contributed by atoms with Gasteiger partial charge < -0.3 is 0 Å². The number of aryl methyl sites for hydroxylation is 3. The first-order valence-corrected chi connectivity index (χ1v) is 7.72. The molecule has 0 fully saturated rings. The van der Waals surface area contributed by atoms with Gasteiger partial charge in [0.1, 0.15) is 0 Å². The quantitative estimate of drug-likeness (QED) is 0.752. The lowest BCUT2D eigenvalue weighted by molar-refractivity contribution is 0.550. The van der Waals surface area contributed by atoms with Gasteiger partial charge in [-0.15, -0.1) is 11.6 Å². The molecule has 2 aromatic rings. The van der Waals surface area contributed by atoms with Gasteiger partial charge in [0.15, 0.2) is 0 Å². The SMILES string of the molecule is Cc1ccccc1CC(CCl)Cc1c(Cl)c(C)nn1C. The maximum Gasteiger partial charge on any atom is 0.0847 e. The fraction of sp³-hybridized carbons (Fsp3) is 0.438. The van der Waals surface area contributed by atoms with E-state index in [9.17, 15) is 0 Å². The van der Waals surface area contributed by atoms with E-state index in [-0.39, 0.29) is 0 Å². The second kappa shape index (κ2) is 6.64. The topological polar surface area (TPSA) is 17.8 Å². The van der Waals surface area contributed by atoms with E-state index in [2.05, 4.69) is 36.3 Å². The molecule has 2 nitrogen and oxygen atoms in total. The lowest BCUT2D eigenvalue weighted by Crippen LogP contribution is -2.13. The van der Waals surface area contributed by atoms with Crippen molar-refractivity contribution in [3.05, 3.63) is 51.8 Å². The number of hydrogen-bond acceptors (Lipinski definition) is 1. The second-order valence-corrected chi connectivity index (χ2v) is 6.01. The van der Waals surface area contributed by atoms with Crippen LogP contribution in [-0.2, 0) is 19.9 Å². The van der Waals surface area contributed by atoms with Gasteiger partial charge in [-0.2, -0.15) is 5.10 Å². The van der Waals surface area contributed by atoms with E-state index in [1.165, 1.54) is 11.1 Å². The molecule has 0 bridgehead atoms. The third-order valence-corrected chi connectivity index (χ3v) is 4.66. The van der Waals surface area contributed by atoms with E-state index in [1.807, 2.05) is 18.7 Å². The number of nitrogens with zero attached hydrogens (tertiary/aromatic N) is 2. The highest BCUT2D eigenvalue weighted by Crippen LogP contribution is 2.25. The number of benzene rings is 1. The molecule has 1 aromatic heterocycles. The zero-order valence-corrected chi connectivity index (χ0v) is 13.7. The Balaban J connectivity index is 2.15. The van der Waals surface area contributed by atoms with Crippen molar-refractivity contribution in [1.29, 1.82) is 0 Å². The number of halogens is 2. The minimum absolute atomic E-state index is 0.366. The lowest BCUT2D eigenvalue weighted by Gasteiger charge is -2.16. The minimum Gasteiger partial charge on any atom is -0.271 e. The van der Waals surface area contributed by atoms with Crippen LogP contribution in [-0.4, -0.2) is 15.7 Å². The van der Waals surface area contributed by atoms with E-state index >= 15 is 0 Å². The Bertz CT molecular complexity index is 590. The normalized spacial score (nSPS) is 12.7. The first-order valence-electron chi connectivity index (χ1n) is 6.81. The summed E-state index contributed by atoms with van der Waals surface area (Å²) in [4.78, 5) is 0. The molecule has 1 atom stereocenters. The van der Waals surface area contributed by atoms with Gasteiger partial charge in [-0.1, -0.05) is 35.9 Å². The van der Waals surface area contributed by atoms with Crippen molar-refractivity contribution in [1.82, 2.24) is 9.78 Å². The van der Waals surface area contributed by atoms with Crippen molar-refractivity contribution < 1.29 is 0 Å². The van der Waals surface area contributed by atoms with Crippen LogP contribution in [0.25, 0.3) is 0 Å². The third-order valence-electron chi connectivity index (χ3n) is 3.73. The van der Waals surface area contributed by atoms with Crippen molar-refractivity contribution in [2.24, 2.45) is 13.0 Å². The number of hydrogen-bond donors (Lipinski definition) is 0. The van der Waals surface area contributed by atoms with Crippen molar-refractivity contribution in [3.63, 3.8) is 0 Å². The van der Waals surface area contributed by atoms with Gasteiger partial charge in [0.2, 0.25) is 0 Å². The Morgan fingerprint density at radius 3 is 2.45 bits per heavy atom. The zero-order valence-electron chi connectivity index (χ0n) is 12.2. The fourth-order valence-electron chi connectivity index (χ4n) is 2.51. The largest absolute Gasteiger partial charge is 0.271 e. The Hall–Kier alpha value is -0.990. The number of alkyl halides is 1. The summed E-state index contributed by atoms with van der Waals surface area (Å²) in [5.41, 5.74) is 4.62. The van der Waals surface area contributed by atoms with Crippen LogP contribution in [0.15, 0.2) is 24.3 Å². The minimum atomic E-state index is 0.366. The van der Waals surface area contributed by atoms with Crippen LogP contribution in [0.2, 0.25) is 5.02 Å². The summed E-state index contributed by atoms with van der Waals surface area (Å²) < 4.78 is 1.87. The van der Waals surface area contributed by atoms with E-state index < -0.39 is 0 Å². The molecule has 0 spiro atoms. The molecule has 20 heavy (non-hydrogen) atoms. The van der Waals surface area contributed by atoms with Gasteiger partial charge in [0.25, 0.3) is 0 Å². The monoisotopic (exact) mass is 310 g/mol. The first kappa shape index (κ1) is 15.4. The smallest absolute Gasteiger partial charge is 0.0847 e. The summed E-state index contributed by atoms with van der Waals surface area (Å²) in [7, 11) is 1.94. The first-order chi connectivity index (χ1) is 9.52. The standard InChI is InChI=1S/C16H20Cl2N2/c1-11-6-4-5-7-14(11)8-13(10-17)9-15-16(18)12(2)19-20(15)3/h4-7,13H,8-10H2,1-3H3. The molecule has 0 aliphatic carbocycles. The molecular weight excluding hydrogens is 291 g/mol. The average Bonchev–Trinajstić information content (AvgIpc) is 2.66. The third kappa shape index (κ3) is 3.36. The molecule has 0 aliphatic rings. The fourth-order valence-corrected chi connectivity index (χ4v) is 2.96. The van der Waals surface area contributed by atoms with Crippen LogP contribution in [0.3, 0.4) is 0 Å². The summed E-state index contributed by atoms with van der Waals surface area (Å²) in [6.45, 7) is 4.07. The number of aromatic nitrogens is 2. The van der Waals surface area contributed by atoms with E-state index in [0.717, 1.165) is 29.3 Å². The van der Waals surface area contributed by atoms with Crippen LogP contribution in [0.1, 0.15) is 22.5 Å². The Labute approximate surface area is 130 Å². The summed E-state index contributed by atoms with van der Waals surface area (Å²) in [6, 6.07) is 8.46. The van der Waals surface area contributed by atoms with E-state index in [0.29, 0.717) is 11.8 Å². The van der Waals surface area contributed by atoms with Gasteiger partial charge in [0, 0.05) is 12.9 Å². The molecule has 1 unspecified atom stereocenters. The number of rotatable bonds is 5. The Morgan fingerprint density at radius 1 is 1.20 bits per heavy atom. The summed E-state index contributed by atoms with van der Waals surface area (Å²) in [5, 5.41) is 5.13. The second-order valence-electron chi connectivity index (χ2n) is 5.32. The molecular formula is C16H20Cl2N2. The highest BCUT2D eigenvalue weighted by molar-refractivity contribution is 6.31. The molecule has 4 heteroatoms. The van der Waals surface area contributed by atoms with Crippen molar-refractivity contribution in [2.45, 2.75) is 26.7 Å². The molecule has 108 valence electrons. The van der Waals surface area contributed by atoms with Crippen LogP contribution in [0, 0.1) is 19.8 Å². The van der Waals surface area contributed by atoms with Gasteiger partial charge >= 0.3 is 0 Å². The zero-order chi connectivity index (χ0) is 14.7. The molecule has 0 aliphatic heterocycles. The maximum atomic E-state index is 6.32. The van der Waals surface area contributed by atoms with Crippen LogP contribution < -0.4 is 0 Å². The van der Waals surface area contributed by atoms with Gasteiger partial charge in [-0.25, -0.2) is 0 Å². The van der Waals surface area contributed by atoms with Crippen molar-refractivity contribution in [2.75, 3.05) is 5.88 Å². The van der Waals surface area contributed by atoms with Crippen LogP contribution in [0.4, 0.5) is 0 Å². The highest BCUT2D eigenvalue weighted by atomic mass is 35.5. The summed E-state index contributed by atoms with van der Waals surface area (Å²) >= 11 is 12.5. The van der Waals surface area contributed by atoms with Crippen molar-refractivity contribution >= 4 is 23.2 Å². The highest BCUT2D eigenvalue weighted by Gasteiger charge is 2.17. The predicted molar refractivity (Wildman–Crippen MR) is 85.8 cm³/mol. The van der Waals surface area contributed by atoms with Gasteiger partial charge in [0.05, 0.1) is 16.4 Å². The van der Waals surface area contributed by atoms with E-state index in [4.69, 9.17) is 23.2 Å². The molecule has 0 radical (unpaired) electrons. The van der Waals surface area contributed by atoms with Crippen LogP contribution in [0.5, 0.6) is 0 Å². The maximum absolute atomic E-state index is 6.32. The lowest BCUT2D eigenvalue weighted by atomic mass is 9.94. The molecule has 0 N–H and O–H groups in total. The predicted octanol–water partition coefficient (Wildman–Crippen LogP) is 4.33. The Morgan fingerprint density at radius 2 is 1.90 bits per heavy atom. The van der Waals surface area contributed by atoms with Crippen molar-refractivity contribution in [3.8, 4) is 0 Å². The molecule has 1 heterocycles. The summed E-state index contributed by atoms with van der Waals surface area (Å²) in [5.74, 6) is 0.986. The molecule has 2 rings (SSSR count). The van der Waals surface area contributed by atoms with Gasteiger partial charge in [-0.3, -0.25) is 4.68 Å². The summed E-state index contributed by atoms with van der Waals surface area (Å²) in [6.07, 6.45) is 1.82. The Kier molecular flexibility index (Phi) is 5.11. The van der Waals surface area contributed by atoms with E-state index in [1.54, 1.807) is 0 Å².